The summed E-state index contributed by atoms with van der Waals surface area (Å²) in [4.78, 5) is 45.1. The molecule has 2 unspecified atom stereocenters. The van der Waals surface area contributed by atoms with Gasteiger partial charge < -0.3 is 14.5 Å². The predicted molar refractivity (Wildman–Crippen MR) is 174 cm³/mol. The Bertz CT molecular complexity index is 2120. The van der Waals surface area contributed by atoms with E-state index in [1.807, 2.05) is 57.7 Å². The number of aromatic amines is 1. The molecule has 6 heterocycles. The Morgan fingerprint density at radius 1 is 1.17 bits per heavy atom. The molecular weight excluding hydrogens is 587 g/mol. The standard InChI is InChI=1S/C34H35FN8O3/c1-7-24(44)41-15-20(6)42-21(16-41)11-13-46-31-26-32(38-29(27(31)35)25-18(4)8-9-23-22(25)14-37-40-23)43(34(45)39-33(26)42)30-19(5)10-12-36-28(30)17(2)3/h7-10,12,14,17,20-21H,1,11,13,15-16H2,2-6H3,(H,37,40). The summed E-state index contributed by atoms with van der Waals surface area (Å²) in [5.41, 5.74) is 3.83. The SMILES string of the molecule is C=CC(=O)N1CC(C)N2c3nc(=O)n(-c4c(C)ccnc4C(C)C)c4nc(-c5c(C)ccc6[nH]ncc56)c(F)c(c34)OCCC2C1. The van der Waals surface area contributed by atoms with Crippen LogP contribution in [0.3, 0.4) is 0 Å². The number of benzene rings is 1. The molecule has 0 saturated carbocycles. The maximum atomic E-state index is 17.1. The third-order valence-electron chi connectivity index (χ3n) is 9.11. The number of anilines is 1. The van der Waals surface area contributed by atoms with Crippen molar-refractivity contribution in [2.45, 2.75) is 59.0 Å². The van der Waals surface area contributed by atoms with Crippen molar-refractivity contribution in [3.8, 4) is 22.7 Å². The van der Waals surface area contributed by atoms with Crippen molar-refractivity contribution in [3.63, 3.8) is 0 Å². The quantitative estimate of drug-likeness (QED) is 0.279. The van der Waals surface area contributed by atoms with E-state index >= 15 is 4.39 Å². The molecule has 0 radical (unpaired) electrons. The maximum Gasteiger partial charge on any atom is 0.355 e. The van der Waals surface area contributed by atoms with Crippen molar-refractivity contribution in [2.24, 2.45) is 0 Å². The Morgan fingerprint density at radius 3 is 2.74 bits per heavy atom. The van der Waals surface area contributed by atoms with Crippen molar-refractivity contribution in [3.05, 3.63) is 76.4 Å². The molecule has 1 saturated heterocycles. The van der Waals surface area contributed by atoms with Crippen LogP contribution in [0.1, 0.15) is 49.9 Å². The maximum absolute atomic E-state index is 17.1. The van der Waals surface area contributed by atoms with Crippen LogP contribution in [-0.2, 0) is 4.79 Å². The van der Waals surface area contributed by atoms with Crippen LogP contribution >= 0.6 is 0 Å². The van der Waals surface area contributed by atoms with E-state index in [-0.39, 0.29) is 53.4 Å². The Hall–Kier alpha value is -5.13. The van der Waals surface area contributed by atoms with Gasteiger partial charge in [-0.25, -0.2) is 18.7 Å². The second kappa shape index (κ2) is 11.0. The van der Waals surface area contributed by atoms with Gasteiger partial charge in [-0.2, -0.15) is 10.1 Å². The van der Waals surface area contributed by atoms with Gasteiger partial charge in [0, 0.05) is 42.7 Å². The first-order chi connectivity index (χ1) is 22.1. The lowest BCUT2D eigenvalue weighted by Crippen LogP contribution is -2.60. The van der Waals surface area contributed by atoms with Crippen LogP contribution in [0.5, 0.6) is 5.75 Å². The van der Waals surface area contributed by atoms with Crippen molar-refractivity contribution in [2.75, 3.05) is 24.6 Å². The number of rotatable bonds is 4. The average molecular weight is 623 g/mol. The van der Waals surface area contributed by atoms with Gasteiger partial charge in [0.05, 0.1) is 35.7 Å². The van der Waals surface area contributed by atoms with Crippen LogP contribution in [0.2, 0.25) is 0 Å². The minimum absolute atomic E-state index is 0.0148. The molecule has 2 atom stereocenters. The number of aromatic nitrogens is 6. The smallest absolute Gasteiger partial charge is 0.355 e. The van der Waals surface area contributed by atoms with Crippen LogP contribution in [0.4, 0.5) is 10.2 Å². The van der Waals surface area contributed by atoms with Crippen molar-refractivity contribution in [1.82, 2.24) is 34.6 Å². The lowest BCUT2D eigenvalue weighted by atomic mass is 9.98. The van der Waals surface area contributed by atoms with Gasteiger partial charge in [0.15, 0.2) is 17.2 Å². The molecule has 2 aliphatic rings. The molecule has 5 aromatic rings. The first-order valence-electron chi connectivity index (χ1n) is 15.5. The number of aryl methyl sites for hydroxylation is 2. The number of hydrogen-bond donors (Lipinski definition) is 1. The van der Waals surface area contributed by atoms with Gasteiger partial charge in [0.2, 0.25) is 5.91 Å². The Morgan fingerprint density at radius 2 is 1.98 bits per heavy atom. The number of fused-ring (bicyclic) bond motifs is 3. The summed E-state index contributed by atoms with van der Waals surface area (Å²) < 4.78 is 24.8. The van der Waals surface area contributed by atoms with Crippen LogP contribution < -0.4 is 15.3 Å². The van der Waals surface area contributed by atoms with Gasteiger partial charge in [0.25, 0.3) is 0 Å². The molecule has 1 fully saturated rings. The molecular formula is C34H35FN8O3. The number of carbonyl (C=O) groups excluding carboxylic acids is 1. The average Bonchev–Trinajstić information content (AvgIpc) is 3.49. The van der Waals surface area contributed by atoms with E-state index in [9.17, 15) is 9.59 Å². The monoisotopic (exact) mass is 622 g/mol. The lowest BCUT2D eigenvalue weighted by Gasteiger charge is -2.47. The molecule has 11 nitrogen and oxygen atoms in total. The Labute approximate surface area is 264 Å². The molecule has 0 aliphatic carbocycles. The fourth-order valence-electron chi connectivity index (χ4n) is 7.00. The van der Waals surface area contributed by atoms with Crippen molar-refractivity contribution < 1.29 is 13.9 Å². The number of hydrogen-bond acceptors (Lipinski definition) is 8. The van der Waals surface area contributed by atoms with E-state index in [0.29, 0.717) is 47.2 Å². The summed E-state index contributed by atoms with van der Waals surface area (Å²) in [6, 6.07) is 5.13. The summed E-state index contributed by atoms with van der Waals surface area (Å²) in [5.74, 6) is -0.571. The van der Waals surface area contributed by atoms with Crippen LogP contribution in [0.25, 0.3) is 38.9 Å². The van der Waals surface area contributed by atoms with E-state index in [4.69, 9.17) is 9.72 Å². The molecule has 4 aromatic heterocycles. The highest BCUT2D eigenvalue weighted by Gasteiger charge is 2.39. The van der Waals surface area contributed by atoms with Crippen LogP contribution in [-0.4, -0.2) is 72.3 Å². The summed E-state index contributed by atoms with van der Waals surface area (Å²) in [5, 5.41) is 8.16. The number of H-pyrrole nitrogens is 1. The van der Waals surface area contributed by atoms with E-state index < -0.39 is 11.5 Å². The van der Waals surface area contributed by atoms with Gasteiger partial charge in [-0.1, -0.05) is 26.5 Å². The van der Waals surface area contributed by atoms with Gasteiger partial charge >= 0.3 is 5.69 Å². The third-order valence-corrected chi connectivity index (χ3v) is 9.11. The molecule has 12 heteroatoms. The molecule has 0 bridgehead atoms. The van der Waals surface area contributed by atoms with Gasteiger partial charge in [-0.15, -0.1) is 0 Å². The summed E-state index contributed by atoms with van der Waals surface area (Å²) in [6.07, 6.45) is 5.15. The zero-order chi connectivity index (χ0) is 32.4. The molecule has 1 amide bonds. The first kappa shape index (κ1) is 29.6. The zero-order valence-corrected chi connectivity index (χ0v) is 26.5. The Balaban J connectivity index is 1.61. The molecule has 236 valence electrons. The van der Waals surface area contributed by atoms with E-state index in [1.54, 1.807) is 17.3 Å². The highest BCUT2D eigenvalue weighted by molar-refractivity contribution is 6.00. The van der Waals surface area contributed by atoms with Gasteiger partial charge in [-0.3, -0.25) is 14.9 Å². The first-order valence-corrected chi connectivity index (χ1v) is 15.5. The molecule has 46 heavy (non-hydrogen) atoms. The number of amides is 1. The lowest BCUT2D eigenvalue weighted by molar-refractivity contribution is -0.127. The van der Waals surface area contributed by atoms with E-state index in [2.05, 4.69) is 26.7 Å². The van der Waals surface area contributed by atoms with Crippen LogP contribution in [0.15, 0.2) is 48.0 Å². The molecule has 7 rings (SSSR count). The number of nitrogens with zero attached hydrogens (tertiary/aromatic N) is 7. The van der Waals surface area contributed by atoms with Gasteiger partial charge in [-0.05, 0) is 56.0 Å². The number of pyridine rings is 2. The number of halogens is 1. The zero-order valence-electron chi connectivity index (χ0n) is 26.5. The second-order valence-corrected chi connectivity index (χ2v) is 12.5. The number of ether oxygens (including phenoxy) is 1. The summed E-state index contributed by atoms with van der Waals surface area (Å²) in [7, 11) is 0. The summed E-state index contributed by atoms with van der Waals surface area (Å²) in [6.45, 7) is 14.4. The highest BCUT2D eigenvalue weighted by Crippen LogP contribution is 2.44. The number of piperazine rings is 1. The fourth-order valence-corrected chi connectivity index (χ4v) is 7.00. The van der Waals surface area contributed by atoms with Gasteiger partial charge in [0.1, 0.15) is 16.9 Å². The highest BCUT2D eigenvalue weighted by atomic mass is 19.1. The largest absolute Gasteiger partial charge is 0.489 e. The third kappa shape index (κ3) is 4.45. The topological polar surface area (TPSA) is 122 Å². The van der Waals surface area contributed by atoms with Crippen LogP contribution in [0, 0.1) is 19.7 Å². The molecule has 1 N–H and O–H groups in total. The Kier molecular flexibility index (Phi) is 7.10. The minimum Gasteiger partial charge on any atom is -0.489 e. The molecule has 2 aliphatic heterocycles. The molecule has 0 spiro atoms. The molecule has 1 aromatic carbocycles. The van der Waals surface area contributed by atoms with E-state index in [0.717, 1.165) is 16.6 Å². The predicted octanol–water partition coefficient (Wildman–Crippen LogP) is 4.97. The number of nitrogens with one attached hydrogen (secondary N) is 1. The summed E-state index contributed by atoms with van der Waals surface area (Å²) >= 11 is 0. The van der Waals surface area contributed by atoms with Crippen molar-refractivity contribution in [1.29, 1.82) is 0 Å². The number of carbonyl (C=O) groups is 1. The normalized spacial score (nSPS) is 18.0. The second-order valence-electron chi connectivity index (χ2n) is 12.5. The fraction of sp³-hybridized carbons (Fsp3) is 0.353. The minimum atomic E-state index is -0.642. The van der Waals surface area contributed by atoms with Crippen molar-refractivity contribution >= 4 is 33.7 Å². The van der Waals surface area contributed by atoms with E-state index in [1.165, 1.54) is 10.6 Å².